The van der Waals surface area contributed by atoms with Crippen LogP contribution in [0.5, 0.6) is 0 Å². The third kappa shape index (κ3) is 72.8. The molecule has 0 saturated carbocycles. The van der Waals surface area contributed by atoms with Gasteiger partial charge in [0.1, 0.15) is 19.3 Å². The molecule has 0 aromatic heterocycles. The molecule has 0 aliphatic carbocycles. The Balaban J connectivity index is 5.37. The predicted molar refractivity (Wildman–Crippen MR) is 409 cm³/mol. The van der Waals surface area contributed by atoms with Crippen molar-refractivity contribution in [3.63, 3.8) is 0 Å². The number of hydrogen-bond donors (Lipinski definition) is 3. The van der Waals surface area contributed by atoms with Crippen molar-refractivity contribution in [3.05, 3.63) is 72.9 Å². The number of ether oxygens (including phenoxy) is 4. The molecule has 582 valence electrons. The fourth-order valence-electron chi connectivity index (χ4n) is 11.1. The van der Waals surface area contributed by atoms with Crippen LogP contribution in [0.15, 0.2) is 72.9 Å². The van der Waals surface area contributed by atoms with Crippen molar-refractivity contribution in [1.29, 1.82) is 0 Å². The fraction of sp³-hybridized carbons (Fsp3) is 0.802. The van der Waals surface area contributed by atoms with E-state index in [1.165, 1.54) is 161 Å². The minimum absolute atomic E-state index is 0.0756. The summed E-state index contributed by atoms with van der Waals surface area (Å²) in [4.78, 5) is 72.9. The van der Waals surface area contributed by atoms with Gasteiger partial charge in [0.2, 0.25) is 0 Å². The lowest BCUT2D eigenvalue weighted by atomic mass is 10.0. The highest BCUT2D eigenvalue weighted by Gasteiger charge is 2.30. The third-order valence-corrected chi connectivity index (χ3v) is 19.1. The molecule has 100 heavy (non-hydrogen) atoms. The van der Waals surface area contributed by atoms with Crippen molar-refractivity contribution < 1.29 is 80.2 Å². The molecule has 0 fully saturated rings. The van der Waals surface area contributed by atoms with Gasteiger partial charge in [-0.05, 0) is 89.9 Å². The van der Waals surface area contributed by atoms with E-state index in [1.54, 1.807) is 0 Å². The Kier molecular flexibility index (Phi) is 71.2. The molecule has 0 amide bonds. The average Bonchev–Trinajstić information content (AvgIpc) is 1.06. The average molecular weight is 1450 g/mol. The summed E-state index contributed by atoms with van der Waals surface area (Å²) in [5, 5.41) is 10.6. The van der Waals surface area contributed by atoms with Gasteiger partial charge in [0.25, 0.3) is 0 Å². The zero-order chi connectivity index (χ0) is 73.2. The summed E-state index contributed by atoms with van der Waals surface area (Å²) in [5.74, 6) is -2.22. The Morgan fingerprint density at radius 2 is 0.530 bits per heavy atom. The minimum atomic E-state index is -4.98. The number of phosphoric acid groups is 2. The number of aliphatic hydroxyl groups is 1. The smallest absolute Gasteiger partial charge is 0.462 e. The molecule has 0 bridgehead atoms. The van der Waals surface area contributed by atoms with Crippen molar-refractivity contribution in [2.24, 2.45) is 0 Å². The maximum atomic E-state index is 13.1. The number of esters is 4. The molecule has 0 saturated heterocycles. The van der Waals surface area contributed by atoms with E-state index in [1.807, 2.05) is 12.2 Å². The Bertz CT molecular complexity index is 2180. The molecule has 5 unspecified atom stereocenters. The summed E-state index contributed by atoms with van der Waals surface area (Å²) in [6.45, 7) is 4.75. The number of hydrogen-bond acceptors (Lipinski definition) is 15. The molecule has 0 aliphatic rings. The standard InChI is InChI=1S/C81H146O17P2/c1-5-9-13-17-21-25-29-33-36-37-40-43-46-50-54-58-62-66-79(84)92-72-77(98-81(86)68-64-60-56-52-48-44-39-35-31-27-23-19-15-11-7-3)74-96-100(89,90)94-70-75(82)69-93-99(87,88)95-73-76(97-80(85)67-63-59-55-51-47-41-32-28-24-20-16-12-8-4)71-91-78(83)65-61-57-53-49-45-42-38-34-30-26-22-18-14-10-6-2/h9,13,21,25,33,35-36,39-40,43,50,54,75-77,82H,5-8,10-12,14-20,22-24,26-32,34,37-38,41-42,44-49,51-53,55-74H2,1-4H3,(H,87,88)(H,89,90)/b13-9-,25-21-,36-33-,39-35-,43-40-,54-50-. The van der Waals surface area contributed by atoms with Crippen LogP contribution in [-0.4, -0.2) is 96.7 Å². The van der Waals surface area contributed by atoms with Gasteiger partial charge in [-0.15, -0.1) is 0 Å². The van der Waals surface area contributed by atoms with E-state index in [0.29, 0.717) is 32.1 Å². The first-order valence-electron chi connectivity index (χ1n) is 40.2. The predicted octanol–water partition coefficient (Wildman–Crippen LogP) is 23.2. The highest BCUT2D eigenvalue weighted by molar-refractivity contribution is 7.47. The molecule has 0 aromatic rings. The maximum Gasteiger partial charge on any atom is 0.472 e. The first-order chi connectivity index (χ1) is 48.7. The van der Waals surface area contributed by atoms with E-state index in [9.17, 15) is 43.2 Å². The topological polar surface area (TPSA) is 237 Å². The van der Waals surface area contributed by atoms with E-state index in [-0.39, 0.29) is 25.7 Å². The number of carbonyl (C=O) groups excluding carboxylic acids is 4. The second-order valence-electron chi connectivity index (χ2n) is 27.0. The van der Waals surface area contributed by atoms with Gasteiger partial charge in [0.15, 0.2) is 12.2 Å². The van der Waals surface area contributed by atoms with Crippen LogP contribution in [0.2, 0.25) is 0 Å². The molecule has 5 atom stereocenters. The number of carbonyl (C=O) groups is 4. The van der Waals surface area contributed by atoms with Crippen molar-refractivity contribution in [2.45, 2.75) is 380 Å². The van der Waals surface area contributed by atoms with Crippen molar-refractivity contribution in [2.75, 3.05) is 39.6 Å². The number of unbranched alkanes of at least 4 members (excludes halogenated alkanes) is 38. The van der Waals surface area contributed by atoms with Gasteiger partial charge in [-0.3, -0.25) is 37.3 Å². The molecule has 3 N–H and O–H groups in total. The van der Waals surface area contributed by atoms with Crippen LogP contribution >= 0.6 is 15.6 Å². The quantitative estimate of drug-likeness (QED) is 0.0169. The SMILES string of the molecule is CC/C=C\C/C=C\C/C=C\C/C=C\C/C=C\CCCC(=O)OCC(COP(=O)(O)OCC(O)COP(=O)(O)OCC(COC(=O)CCCCCCCCCCCCCCCCC)OC(=O)CCCCCCCCCCCCCCC)OC(=O)CCCCCCC/C=C\CCCCCCCC. The monoisotopic (exact) mass is 1450 g/mol. The number of rotatable bonds is 76. The highest BCUT2D eigenvalue weighted by atomic mass is 31.2. The number of aliphatic hydroxyl groups excluding tert-OH is 1. The maximum absolute atomic E-state index is 13.1. The Morgan fingerprint density at radius 3 is 0.850 bits per heavy atom. The lowest BCUT2D eigenvalue weighted by Gasteiger charge is -2.21. The van der Waals surface area contributed by atoms with Gasteiger partial charge in [-0.2, -0.15) is 0 Å². The molecular weight excluding hydrogens is 1310 g/mol. The van der Waals surface area contributed by atoms with E-state index in [2.05, 4.69) is 88.5 Å². The summed E-state index contributed by atoms with van der Waals surface area (Å²) in [7, 11) is -9.96. The highest BCUT2D eigenvalue weighted by Crippen LogP contribution is 2.45. The molecule has 0 spiro atoms. The Hall–Kier alpha value is -3.50. The summed E-state index contributed by atoms with van der Waals surface area (Å²) in [5.41, 5.74) is 0. The van der Waals surface area contributed by atoms with E-state index < -0.39 is 97.5 Å². The molecule has 0 radical (unpaired) electrons. The van der Waals surface area contributed by atoms with Crippen LogP contribution in [0, 0.1) is 0 Å². The van der Waals surface area contributed by atoms with Crippen molar-refractivity contribution in [1.82, 2.24) is 0 Å². The lowest BCUT2D eigenvalue weighted by Crippen LogP contribution is -2.30. The third-order valence-electron chi connectivity index (χ3n) is 17.2. The van der Waals surface area contributed by atoms with Gasteiger partial charge < -0.3 is 33.8 Å². The molecule has 0 heterocycles. The Labute approximate surface area is 609 Å². The van der Waals surface area contributed by atoms with Crippen LogP contribution in [-0.2, 0) is 65.4 Å². The molecule has 0 aromatic carbocycles. The molecule has 0 aliphatic heterocycles. The zero-order valence-corrected chi connectivity index (χ0v) is 65.4. The minimum Gasteiger partial charge on any atom is -0.462 e. The second-order valence-corrected chi connectivity index (χ2v) is 29.9. The molecule has 0 rings (SSSR count). The fourth-order valence-corrected chi connectivity index (χ4v) is 12.7. The van der Waals surface area contributed by atoms with Crippen LogP contribution in [0.4, 0.5) is 0 Å². The summed E-state index contributed by atoms with van der Waals surface area (Å²) >= 11 is 0. The summed E-state index contributed by atoms with van der Waals surface area (Å²) < 4.78 is 68.6. The number of phosphoric ester groups is 2. The van der Waals surface area contributed by atoms with Crippen molar-refractivity contribution >= 4 is 39.5 Å². The molecular formula is C81H146O17P2. The van der Waals surface area contributed by atoms with E-state index in [4.69, 9.17) is 37.0 Å². The van der Waals surface area contributed by atoms with Crippen LogP contribution < -0.4 is 0 Å². The van der Waals surface area contributed by atoms with Crippen LogP contribution in [0.25, 0.3) is 0 Å². The van der Waals surface area contributed by atoms with Gasteiger partial charge >= 0.3 is 39.5 Å². The lowest BCUT2D eigenvalue weighted by molar-refractivity contribution is -0.161. The van der Waals surface area contributed by atoms with Crippen molar-refractivity contribution in [3.8, 4) is 0 Å². The van der Waals surface area contributed by atoms with Crippen LogP contribution in [0.3, 0.4) is 0 Å². The second kappa shape index (κ2) is 73.8. The van der Waals surface area contributed by atoms with Gasteiger partial charge in [-0.25, -0.2) is 9.13 Å². The largest absolute Gasteiger partial charge is 0.472 e. The summed E-state index contributed by atoms with van der Waals surface area (Å²) in [6.07, 6.45) is 74.6. The Morgan fingerprint density at radius 1 is 0.290 bits per heavy atom. The first-order valence-corrected chi connectivity index (χ1v) is 43.2. The van der Waals surface area contributed by atoms with Gasteiger partial charge in [0, 0.05) is 25.7 Å². The van der Waals surface area contributed by atoms with Crippen LogP contribution in [0.1, 0.15) is 362 Å². The molecule has 17 nitrogen and oxygen atoms in total. The summed E-state index contributed by atoms with van der Waals surface area (Å²) in [6, 6.07) is 0. The van der Waals surface area contributed by atoms with E-state index in [0.717, 1.165) is 116 Å². The van der Waals surface area contributed by atoms with Gasteiger partial charge in [-0.1, -0.05) is 319 Å². The number of allylic oxidation sites excluding steroid dienone is 12. The van der Waals surface area contributed by atoms with Gasteiger partial charge in [0.05, 0.1) is 26.4 Å². The zero-order valence-electron chi connectivity index (χ0n) is 63.6. The first kappa shape index (κ1) is 96.5. The molecule has 19 heteroatoms. The van der Waals surface area contributed by atoms with E-state index >= 15 is 0 Å². The normalized spacial score (nSPS) is 14.3.